The van der Waals surface area contributed by atoms with Gasteiger partial charge >= 0.3 is 0 Å². The average Bonchev–Trinajstić information content (AvgIpc) is 2.60. The molecule has 0 aliphatic heterocycles. The molecule has 0 saturated carbocycles. The van der Waals surface area contributed by atoms with Crippen molar-refractivity contribution in [1.82, 2.24) is 5.43 Å². The molecule has 2 aromatic carbocycles. The topological polar surface area (TPSA) is 59.9 Å². The molecule has 2 rings (SSSR count). The zero-order chi connectivity index (χ0) is 17.4. The first-order chi connectivity index (χ1) is 11.7. The van der Waals surface area contributed by atoms with Crippen LogP contribution in [0.25, 0.3) is 0 Å². The van der Waals surface area contributed by atoms with Gasteiger partial charge in [0.15, 0.2) is 11.5 Å². The Balaban J connectivity index is 2.06. The fourth-order valence-electron chi connectivity index (χ4n) is 2.15. The first-order valence-corrected chi connectivity index (χ1v) is 7.85. The molecule has 0 heterocycles. The second-order valence-electron chi connectivity index (χ2n) is 5.27. The lowest BCUT2D eigenvalue weighted by Crippen LogP contribution is -2.18. The average molecular weight is 326 g/mol. The summed E-state index contributed by atoms with van der Waals surface area (Å²) in [6.07, 6.45) is 2.49. The molecule has 1 amide bonds. The van der Waals surface area contributed by atoms with E-state index in [1.807, 2.05) is 50.2 Å². The number of hydrogen-bond donors (Lipinski definition) is 1. The van der Waals surface area contributed by atoms with Gasteiger partial charge in [0.25, 0.3) is 5.91 Å². The lowest BCUT2D eigenvalue weighted by atomic mass is 10.1. The van der Waals surface area contributed by atoms with Crippen molar-refractivity contribution in [2.24, 2.45) is 5.10 Å². The maximum atomic E-state index is 12.1. The van der Waals surface area contributed by atoms with E-state index in [9.17, 15) is 4.79 Å². The monoisotopic (exact) mass is 326 g/mol. The minimum atomic E-state index is -0.236. The van der Waals surface area contributed by atoms with E-state index < -0.39 is 0 Å². The molecule has 0 atom stereocenters. The van der Waals surface area contributed by atoms with Crippen LogP contribution in [-0.4, -0.2) is 25.8 Å². The molecule has 0 radical (unpaired) electrons. The van der Waals surface area contributed by atoms with Crippen molar-refractivity contribution in [1.29, 1.82) is 0 Å². The van der Waals surface area contributed by atoms with Gasteiger partial charge in [-0.25, -0.2) is 5.43 Å². The van der Waals surface area contributed by atoms with Crippen molar-refractivity contribution >= 4 is 12.1 Å². The second kappa shape index (κ2) is 8.72. The Bertz CT molecular complexity index is 726. The summed E-state index contributed by atoms with van der Waals surface area (Å²) in [7, 11) is 1.60. The van der Waals surface area contributed by atoms with Crippen LogP contribution in [0.4, 0.5) is 0 Å². The van der Waals surface area contributed by atoms with Crippen LogP contribution >= 0.6 is 0 Å². The molecule has 2 aromatic rings. The van der Waals surface area contributed by atoms with Crippen LogP contribution in [0.3, 0.4) is 0 Å². The van der Waals surface area contributed by atoms with Crippen LogP contribution in [-0.2, 0) is 0 Å². The molecule has 5 heteroatoms. The molecule has 0 aliphatic rings. The van der Waals surface area contributed by atoms with Crippen molar-refractivity contribution in [3.05, 3.63) is 59.2 Å². The number of nitrogens with zero attached hydrogens (tertiary/aromatic N) is 1. The van der Waals surface area contributed by atoms with Gasteiger partial charge in [-0.15, -0.1) is 0 Å². The molecule has 0 bridgehead atoms. The van der Waals surface area contributed by atoms with E-state index >= 15 is 0 Å². The molecule has 0 aliphatic carbocycles. The van der Waals surface area contributed by atoms with Gasteiger partial charge < -0.3 is 9.47 Å². The highest BCUT2D eigenvalue weighted by atomic mass is 16.5. The molecule has 0 saturated heterocycles. The highest BCUT2D eigenvalue weighted by Crippen LogP contribution is 2.27. The van der Waals surface area contributed by atoms with Gasteiger partial charge in [0.1, 0.15) is 0 Å². The Morgan fingerprint density at radius 2 is 2.00 bits per heavy atom. The summed E-state index contributed by atoms with van der Waals surface area (Å²) in [6.45, 7) is 4.54. The number of hydrogen-bond acceptors (Lipinski definition) is 4. The summed E-state index contributed by atoms with van der Waals surface area (Å²) in [6, 6.07) is 12.9. The normalized spacial score (nSPS) is 10.6. The van der Waals surface area contributed by atoms with Crippen molar-refractivity contribution in [2.45, 2.75) is 20.3 Å². The predicted molar refractivity (Wildman–Crippen MR) is 95.0 cm³/mol. The fraction of sp³-hybridized carbons (Fsp3) is 0.263. The lowest BCUT2D eigenvalue weighted by molar-refractivity contribution is 0.0954. The number of carbonyl (C=O) groups excluding carboxylic acids is 1. The van der Waals surface area contributed by atoms with Crippen molar-refractivity contribution in [2.75, 3.05) is 13.7 Å². The third-order valence-electron chi connectivity index (χ3n) is 3.42. The molecule has 0 unspecified atom stereocenters. The van der Waals surface area contributed by atoms with Crippen LogP contribution < -0.4 is 14.9 Å². The van der Waals surface area contributed by atoms with E-state index in [1.54, 1.807) is 19.4 Å². The minimum Gasteiger partial charge on any atom is -0.493 e. The summed E-state index contributed by atoms with van der Waals surface area (Å²) in [5.41, 5.74) is 4.87. The number of carbonyl (C=O) groups is 1. The summed E-state index contributed by atoms with van der Waals surface area (Å²) < 4.78 is 10.9. The van der Waals surface area contributed by atoms with Gasteiger partial charge in [-0.2, -0.15) is 5.10 Å². The lowest BCUT2D eigenvalue weighted by Gasteiger charge is -2.10. The maximum Gasteiger partial charge on any atom is 0.271 e. The summed E-state index contributed by atoms with van der Waals surface area (Å²) in [5.74, 6) is 1.10. The van der Waals surface area contributed by atoms with E-state index in [-0.39, 0.29) is 5.91 Å². The summed E-state index contributed by atoms with van der Waals surface area (Å²) >= 11 is 0. The Hall–Kier alpha value is -2.82. The van der Waals surface area contributed by atoms with Crippen LogP contribution in [0, 0.1) is 6.92 Å². The number of aryl methyl sites for hydroxylation is 1. The quantitative estimate of drug-likeness (QED) is 0.625. The summed E-state index contributed by atoms with van der Waals surface area (Å²) in [4.78, 5) is 12.1. The van der Waals surface area contributed by atoms with Gasteiger partial charge in [-0.1, -0.05) is 25.1 Å². The van der Waals surface area contributed by atoms with Crippen LogP contribution in [0.1, 0.15) is 34.8 Å². The van der Waals surface area contributed by atoms with Gasteiger partial charge in [0.05, 0.1) is 19.9 Å². The number of nitrogens with one attached hydrogen (secondary N) is 1. The number of rotatable bonds is 7. The van der Waals surface area contributed by atoms with E-state index in [1.165, 1.54) is 0 Å². The van der Waals surface area contributed by atoms with Crippen LogP contribution in [0.15, 0.2) is 47.6 Å². The first kappa shape index (κ1) is 17.5. The Kier molecular flexibility index (Phi) is 6.37. The minimum absolute atomic E-state index is 0.236. The number of amides is 1. The first-order valence-electron chi connectivity index (χ1n) is 7.85. The smallest absolute Gasteiger partial charge is 0.271 e. The Morgan fingerprint density at radius 1 is 1.21 bits per heavy atom. The highest BCUT2D eigenvalue weighted by Gasteiger charge is 2.07. The van der Waals surface area contributed by atoms with E-state index in [4.69, 9.17) is 9.47 Å². The second-order valence-corrected chi connectivity index (χ2v) is 5.27. The van der Waals surface area contributed by atoms with E-state index in [0.29, 0.717) is 23.7 Å². The zero-order valence-electron chi connectivity index (χ0n) is 14.2. The van der Waals surface area contributed by atoms with Crippen molar-refractivity contribution in [3.63, 3.8) is 0 Å². The number of benzene rings is 2. The number of methoxy groups -OCH3 is 1. The standard InChI is InChI=1S/C19H22N2O3/c1-4-11-24-18-12-15(9-10-17(18)23-3)13-20-21-19(22)16-8-6-5-7-14(16)2/h5-10,12-13H,4,11H2,1-3H3,(H,21,22)/b20-13-. The molecule has 1 N–H and O–H groups in total. The molecule has 0 aromatic heterocycles. The number of hydrazone groups is 1. The van der Waals surface area contributed by atoms with Crippen molar-refractivity contribution < 1.29 is 14.3 Å². The van der Waals surface area contributed by atoms with Crippen LogP contribution in [0.2, 0.25) is 0 Å². The zero-order valence-corrected chi connectivity index (χ0v) is 14.2. The molecule has 0 spiro atoms. The molecule has 0 fully saturated rings. The molecular weight excluding hydrogens is 304 g/mol. The molecular formula is C19H22N2O3. The number of ether oxygens (including phenoxy) is 2. The van der Waals surface area contributed by atoms with E-state index in [0.717, 1.165) is 17.5 Å². The SMILES string of the molecule is CCCOc1cc(/C=N\NC(=O)c2ccccc2C)ccc1OC. The van der Waals surface area contributed by atoms with Gasteiger partial charge in [0, 0.05) is 5.56 Å². The molecule has 126 valence electrons. The van der Waals surface area contributed by atoms with Gasteiger partial charge in [-0.05, 0) is 48.7 Å². The maximum absolute atomic E-state index is 12.1. The third-order valence-corrected chi connectivity index (χ3v) is 3.42. The Labute approximate surface area is 142 Å². The predicted octanol–water partition coefficient (Wildman–Crippen LogP) is 3.56. The third kappa shape index (κ3) is 4.59. The van der Waals surface area contributed by atoms with E-state index in [2.05, 4.69) is 10.5 Å². The van der Waals surface area contributed by atoms with Crippen molar-refractivity contribution in [3.8, 4) is 11.5 Å². The highest BCUT2D eigenvalue weighted by molar-refractivity contribution is 5.96. The fourth-order valence-corrected chi connectivity index (χ4v) is 2.15. The molecule has 24 heavy (non-hydrogen) atoms. The van der Waals surface area contributed by atoms with Gasteiger partial charge in [0.2, 0.25) is 0 Å². The summed E-state index contributed by atoms with van der Waals surface area (Å²) in [5, 5.41) is 4.02. The van der Waals surface area contributed by atoms with Gasteiger partial charge in [-0.3, -0.25) is 4.79 Å². The largest absolute Gasteiger partial charge is 0.493 e. The van der Waals surface area contributed by atoms with Crippen LogP contribution in [0.5, 0.6) is 11.5 Å². The molecule has 5 nitrogen and oxygen atoms in total. The Morgan fingerprint density at radius 3 is 2.71 bits per heavy atom.